The first-order valence-corrected chi connectivity index (χ1v) is 10.7. The topological polar surface area (TPSA) is 66.4 Å². The van der Waals surface area contributed by atoms with Gasteiger partial charge in [-0.1, -0.05) is 64.7 Å². The minimum absolute atomic E-state index is 0.0116. The number of benzene rings is 1. The van der Waals surface area contributed by atoms with Crippen LogP contribution in [0, 0.1) is 0 Å². The molecule has 0 atom stereocenters. The maximum atomic E-state index is 12.0. The second-order valence-corrected chi connectivity index (χ2v) is 7.36. The second kappa shape index (κ2) is 15.2. The van der Waals surface area contributed by atoms with E-state index in [1.165, 1.54) is 64.2 Å². The zero-order valence-electron chi connectivity index (χ0n) is 17.0. The van der Waals surface area contributed by atoms with Gasteiger partial charge in [0.05, 0.1) is 0 Å². The Bertz CT molecular complexity index is 525. The average molecular weight is 376 g/mol. The molecule has 0 bridgehead atoms. The van der Waals surface area contributed by atoms with E-state index in [1.54, 1.807) is 0 Å². The molecule has 1 rings (SSSR count). The molecule has 0 amide bonds. The summed E-state index contributed by atoms with van der Waals surface area (Å²) in [7, 11) is 0. The van der Waals surface area contributed by atoms with Gasteiger partial charge in [-0.05, 0) is 37.1 Å². The second-order valence-electron chi connectivity index (χ2n) is 7.36. The summed E-state index contributed by atoms with van der Waals surface area (Å²) in [6.07, 6.45) is 14.1. The van der Waals surface area contributed by atoms with Crippen molar-refractivity contribution in [3.63, 3.8) is 0 Å². The molecule has 4 heteroatoms. The predicted molar refractivity (Wildman–Crippen MR) is 113 cm³/mol. The van der Waals surface area contributed by atoms with Crippen molar-refractivity contribution in [2.75, 3.05) is 11.9 Å². The van der Waals surface area contributed by atoms with Crippen LogP contribution >= 0.6 is 0 Å². The van der Waals surface area contributed by atoms with Gasteiger partial charge in [-0.2, -0.15) is 0 Å². The monoisotopic (exact) mass is 375 g/mol. The fourth-order valence-corrected chi connectivity index (χ4v) is 3.16. The van der Waals surface area contributed by atoms with Gasteiger partial charge in [0.1, 0.15) is 0 Å². The van der Waals surface area contributed by atoms with Crippen molar-refractivity contribution < 1.29 is 14.7 Å². The first-order valence-electron chi connectivity index (χ1n) is 10.7. The van der Waals surface area contributed by atoms with Gasteiger partial charge in [-0.25, -0.2) is 0 Å². The molecule has 0 saturated heterocycles. The summed E-state index contributed by atoms with van der Waals surface area (Å²) in [5.74, 6) is -0.841. The molecular weight excluding hydrogens is 338 g/mol. The summed E-state index contributed by atoms with van der Waals surface area (Å²) in [6, 6.07) is 7.51. The lowest BCUT2D eigenvalue weighted by atomic mass is 10.0. The molecule has 27 heavy (non-hydrogen) atoms. The third kappa shape index (κ3) is 12.2. The maximum absolute atomic E-state index is 12.0. The SMILES string of the molecule is CCCCCCCCCCCCNc1ccc(C(=O)CCCC(=O)O)cc1. The van der Waals surface area contributed by atoms with Crippen molar-refractivity contribution in [3.05, 3.63) is 29.8 Å². The molecule has 4 nitrogen and oxygen atoms in total. The molecule has 0 saturated carbocycles. The number of Topliss-reactive ketones (excluding diaryl/α,β-unsaturated/α-hetero) is 1. The zero-order valence-corrected chi connectivity index (χ0v) is 17.0. The van der Waals surface area contributed by atoms with Crippen LogP contribution in [-0.2, 0) is 4.79 Å². The van der Waals surface area contributed by atoms with Crippen molar-refractivity contribution in [1.29, 1.82) is 0 Å². The van der Waals surface area contributed by atoms with Gasteiger partial charge in [-0.15, -0.1) is 0 Å². The number of carbonyl (C=O) groups is 2. The van der Waals surface area contributed by atoms with Crippen LogP contribution in [0.25, 0.3) is 0 Å². The van der Waals surface area contributed by atoms with Crippen LogP contribution in [0.2, 0.25) is 0 Å². The van der Waals surface area contributed by atoms with Gasteiger partial charge in [0, 0.05) is 30.6 Å². The number of anilines is 1. The third-order valence-corrected chi connectivity index (χ3v) is 4.86. The van der Waals surface area contributed by atoms with Crippen molar-refractivity contribution in [3.8, 4) is 0 Å². The number of carboxylic acid groups (broad SMARTS) is 1. The molecule has 0 aliphatic rings. The van der Waals surface area contributed by atoms with E-state index in [0.29, 0.717) is 12.0 Å². The molecule has 2 N–H and O–H groups in total. The smallest absolute Gasteiger partial charge is 0.303 e. The number of aliphatic carboxylic acids is 1. The summed E-state index contributed by atoms with van der Waals surface area (Å²) in [5, 5.41) is 12.0. The molecule has 0 aromatic heterocycles. The van der Waals surface area contributed by atoms with Crippen molar-refractivity contribution in [2.45, 2.75) is 90.4 Å². The predicted octanol–water partition coefficient (Wildman–Crippen LogP) is 6.46. The zero-order chi connectivity index (χ0) is 19.7. The molecule has 1 aromatic carbocycles. The van der Waals surface area contributed by atoms with Gasteiger partial charge in [0.2, 0.25) is 0 Å². The molecule has 0 aliphatic carbocycles. The Morgan fingerprint density at radius 1 is 0.778 bits per heavy atom. The molecule has 0 spiro atoms. The summed E-state index contributed by atoms with van der Waals surface area (Å²) in [6.45, 7) is 3.22. The molecule has 0 unspecified atom stereocenters. The van der Waals surface area contributed by atoms with Crippen LogP contribution in [-0.4, -0.2) is 23.4 Å². The Morgan fingerprint density at radius 2 is 1.33 bits per heavy atom. The van der Waals surface area contributed by atoms with E-state index in [0.717, 1.165) is 12.2 Å². The van der Waals surface area contributed by atoms with E-state index >= 15 is 0 Å². The van der Waals surface area contributed by atoms with Crippen LogP contribution in [0.1, 0.15) is 101 Å². The van der Waals surface area contributed by atoms with Gasteiger partial charge in [0.25, 0.3) is 0 Å². The lowest BCUT2D eigenvalue weighted by Crippen LogP contribution is -2.04. The summed E-state index contributed by atoms with van der Waals surface area (Å²) < 4.78 is 0. The number of hydrogen-bond acceptors (Lipinski definition) is 3. The Balaban J connectivity index is 2.06. The highest BCUT2D eigenvalue weighted by Crippen LogP contribution is 2.14. The van der Waals surface area contributed by atoms with Crippen LogP contribution in [0.3, 0.4) is 0 Å². The summed E-state index contributed by atoms with van der Waals surface area (Å²) in [4.78, 5) is 22.5. The van der Waals surface area contributed by atoms with Crippen LogP contribution < -0.4 is 5.32 Å². The molecule has 0 aliphatic heterocycles. The first kappa shape index (κ1) is 23.2. The van der Waals surface area contributed by atoms with Crippen LogP contribution in [0.4, 0.5) is 5.69 Å². The number of carboxylic acids is 1. The van der Waals surface area contributed by atoms with Gasteiger partial charge in [0.15, 0.2) is 5.78 Å². The number of ketones is 1. The Labute approximate surface area is 164 Å². The fourth-order valence-electron chi connectivity index (χ4n) is 3.16. The van der Waals surface area contributed by atoms with Crippen LogP contribution in [0.15, 0.2) is 24.3 Å². The lowest BCUT2D eigenvalue weighted by Gasteiger charge is -2.07. The van der Waals surface area contributed by atoms with E-state index in [-0.39, 0.29) is 18.6 Å². The Morgan fingerprint density at radius 3 is 1.89 bits per heavy atom. The maximum Gasteiger partial charge on any atom is 0.303 e. The average Bonchev–Trinajstić information content (AvgIpc) is 2.66. The Kier molecular flexibility index (Phi) is 13.1. The van der Waals surface area contributed by atoms with Crippen molar-refractivity contribution >= 4 is 17.4 Å². The fraction of sp³-hybridized carbons (Fsp3) is 0.652. The van der Waals surface area contributed by atoms with Gasteiger partial charge >= 0.3 is 5.97 Å². The highest BCUT2D eigenvalue weighted by molar-refractivity contribution is 5.96. The lowest BCUT2D eigenvalue weighted by molar-refractivity contribution is -0.137. The highest BCUT2D eigenvalue weighted by Gasteiger charge is 2.07. The molecule has 152 valence electrons. The van der Waals surface area contributed by atoms with Crippen LogP contribution in [0.5, 0.6) is 0 Å². The minimum atomic E-state index is -0.852. The molecular formula is C23H37NO3. The third-order valence-electron chi connectivity index (χ3n) is 4.86. The van der Waals surface area contributed by atoms with Crippen molar-refractivity contribution in [1.82, 2.24) is 0 Å². The van der Waals surface area contributed by atoms with E-state index in [9.17, 15) is 9.59 Å². The number of hydrogen-bond donors (Lipinski definition) is 2. The van der Waals surface area contributed by atoms with E-state index in [4.69, 9.17) is 5.11 Å². The van der Waals surface area contributed by atoms with E-state index in [2.05, 4.69) is 12.2 Å². The molecule has 0 fully saturated rings. The van der Waals surface area contributed by atoms with Crippen molar-refractivity contribution in [2.24, 2.45) is 0 Å². The van der Waals surface area contributed by atoms with E-state index in [1.807, 2.05) is 24.3 Å². The number of carbonyl (C=O) groups excluding carboxylic acids is 1. The highest BCUT2D eigenvalue weighted by atomic mass is 16.4. The largest absolute Gasteiger partial charge is 0.481 e. The first-order chi connectivity index (χ1) is 13.1. The normalized spacial score (nSPS) is 10.7. The minimum Gasteiger partial charge on any atom is -0.481 e. The summed E-state index contributed by atoms with van der Waals surface area (Å²) >= 11 is 0. The van der Waals surface area contributed by atoms with Gasteiger partial charge in [-0.3, -0.25) is 9.59 Å². The Hall–Kier alpha value is -1.84. The standard InChI is InChI=1S/C23H37NO3/c1-2-3-4-5-6-7-8-9-10-11-19-24-21-17-15-20(16-18-21)22(25)13-12-14-23(26)27/h15-18,24H,2-14,19H2,1H3,(H,26,27). The summed E-state index contributed by atoms with van der Waals surface area (Å²) in [5.41, 5.74) is 1.69. The molecule has 0 heterocycles. The quantitative estimate of drug-likeness (QED) is 0.242. The molecule has 0 radical (unpaired) electrons. The number of unbranched alkanes of at least 4 members (excludes halogenated alkanes) is 9. The van der Waals surface area contributed by atoms with Gasteiger partial charge < -0.3 is 10.4 Å². The molecule has 1 aromatic rings. The number of nitrogens with one attached hydrogen (secondary N) is 1. The van der Waals surface area contributed by atoms with E-state index < -0.39 is 5.97 Å². The number of rotatable bonds is 17.